The topological polar surface area (TPSA) is 92.5 Å². The van der Waals surface area contributed by atoms with Gasteiger partial charge >= 0.3 is 6.03 Å². The van der Waals surface area contributed by atoms with Crippen LogP contribution in [-0.4, -0.2) is 32.4 Å². The van der Waals surface area contributed by atoms with Crippen molar-refractivity contribution in [2.24, 2.45) is 5.14 Å². The average molecular weight is 371 g/mol. The number of urea groups is 1. The summed E-state index contributed by atoms with van der Waals surface area (Å²) in [6, 6.07) is 13.9. The molecule has 1 heterocycles. The zero-order valence-electron chi connectivity index (χ0n) is 14.5. The number of rotatable bonds is 3. The predicted molar refractivity (Wildman–Crippen MR) is 102 cm³/mol. The number of primary sulfonamides is 1. The van der Waals surface area contributed by atoms with E-state index in [0.29, 0.717) is 18.8 Å². The second-order valence-corrected chi connectivity index (χ2v) is 7.85. The van der Waals surface area contributed by atoms with Gasteiger partial charge in [-0.2, -0.15) is 0 Å². The molecule has 0 atom stereocenters. The molecule has 0 fully saturated rings. The number of carbonyl (C=O) groups is 1. The molecule has 2 amide bonds. The Kier molecular flexibility index (Phi) is 5.11. The molecule has 0 saturated carbocycles. The molecule has 0 saturated heterocycles. The van der Waals surface area contributed by atoms with Gasteiger partial charge in [0.15, 0.2) is 0 Å². The zero-order valence-corrected chi connectivity index (χ0v) is 15.3. The van der Waals surface area contributed by atoms with Crippen molar-refractivity contribution in [3.8, 4) is 0 Å². The SMILES string of the molecule is Cc1ccc(C2=CCN(C(=O)Nc3ccc(S(N)(=O)=O)cc3)CC2)cc1. The highest BCUT2D eigenvalue weighted by Crippen LogP contribution is 2.23. The van der Waals surface area contributed by atoms with Crippen molar-refractivity contribution in [2.75, 3.05) is 18.4 Å². The van der Waals surface area contributed by atoms with Gasteiger partial charge in [0.25, 0.3) is 0 Å². The molecule has 0 unspecified atom stereocenters. The van der Waals surface area contributed by atoms with Gasteiger partial charge in [0.05, 0.1) is 4.90 Å². The first-order chi connectivity index (χ1) is 12.3. The normalized spacial score (nSPS) is 14.7. The van der Waals surface area contributed by atoms with E-state index in [-0.39, 0.29) is 10.9 Å². The number of sulfonamides is 1. The Morgan fingerprint density at radius 1 is 1.08 bits per heavy atom. The van der Waals surface area contributed by atoms with Gasteiger partial charge < -0.3 is 10.2 Å². The largest absolute Gasteiger partial charge is 0.322 e. The van der Waals surface area contributed by atoms with Gasteiger partial charge in [0.2, 0.25) is 10.0 Å². The Morgan fingerprint density at radius 3 is 2.27 bits per heavy atom. The van der Waals surface area contributed by atoms with Gasteiger partial charge in [-0.3, -0.25) is 0 Å². The molecule has 1 aliphatic heterocycles. The molecule has 2 aromatic rings. The Morgan fingerprint density at radius 2 is 1.73 bits per heavy atom. The van der Waals surface area contributed by atoms with E-state index in [9.17, 15) is 13.2 Å². The number of nitrogens with one attached hydrogen (secondary N) is 1. The first-order valence-corrected chi connectivity index (χ1v) is 9.82. The number of anilines is 1. The summed E-state index contributed by atoms with van der Waals surface area (Å²) >= 11 is 0. The fourth-order valence-electron chi connectivity index (χ4n) is 2.81. The summed E-state index contributed by atoms with van der Waals surface area (Å²) in [5.41, 5.74) is 4.18. The lowest BCUT2D eigenvalue weighted by molar-refractivity contribution is 0.217. The second kappa shape index (κ2) is 7.31. The van der Waals surface area contributed by atoms with Gasteiger partial charge in [-0.05, 0) is 48.7 Å². The molecule has 0 aromatic heterocycles. The molecule has 6 nitrogen and oxygen atoms in total. The van der Waals surface area contributed by atoms with Crippen LogP contribution in [0.3, 0.4) is 0 Å². The average Bonchev–Trinajstić information content (AvgIpc) is 2.62. The molecule has 2 aromatic carbocycles. The van der Waals surface area contributed by atoms with Crippen molar-refractivity contribution >= 4 is 27.3 Å². The van der Waals surface area contributed by atoms with Crippen LogP contribution in [0, 0.1) is 6.92 Å². The molecule has 0 aliphatic carbocycles. The van der Waals surface area contributed by atoms with Crippen molar-refractivity contribution < 1.29 is 13.2 Å². The van der Waals surface area contributed by atoms with E-state index < -0.39 is 10.0 Å². The lowest BCUT2D eigenvalue weighted by atomic mass is 9.99. The lowest BCUT2D eigenvalue weighted by Gasteiger charge is -2.27. The van der Waals surface area contributed by atoms with Crippen LogP contribution in [-0.2, 0) is 10.0 Å². The third-order valence-electron chi connectivity index (χ3n) is 4.35. The number of nitrogens with zero attached hydrogens (tertiary/aromatic N) is 1. The fourth-order valence-corrected chi connectivity index (χ4v) is 3.33. The number of carbonyl (C=O) groups excluding carboxylic acids is 1. The maximum Gasteiger partial charge on any atom is 0.322 e. The number of nitrogens with two attached hydrogens (primary N) is 1. The fraction of sp³-hybridized carbons (Fsp3) is 0.211. The van der Waals surface area contributed by atoms with Gasteiger partial charge in [-0.15, -0.1) is 0 Å². The summed E-state index contributed by atoms with van der Waals surface area (Å²) in [5, 5.41) is 7.84. The minimum atomic E-state index is -3.73. The molecule has 7 heteroatoms. The summed E-state index contributed by atoms with van der Waals surface area (Å²) in [6.45, 7) is 3.21. The number of benzene rings is 2. The molecule has 1 aliphatic rings. The summed E-state index contributed by atoms with van der Waals surface area (Å²) < 4.78 is 22.5. The highest BCUT2D eigenvalue weighted by molar-refractivity contribution is 7.89. The summed E-state index contributed by atoms with van der Waals surface area (Å²) in [7, 11) is -3.73. The van der Waals surface area contributed by atoms with E-state index in [0.717, 1.165) is 6.42 Å². The van der Waals surface area contributed by atoms with Crippen LogP contribution in [0.15, 0.2) is 59.5 Å². The van der Waals surface area contributed by atoms with E-state index in [4.69, 9.17) is 5.14 Å². The highest BCUT2D eigenvalue weighted by atomic mass is 32.2. The van der Waals surface area contributed by atoms with Crippen molar-refractivity contribution in [2.45, 2.75) is 18.2 Å². The molecular formula is C19H21N3O3S. The molecule has 0 spiro atoms. The minimum absolute atomic E-state index is 0.0131. The number of hydrogen-bond donors (Lipinski definition) is 2. The van der Waals surface area contributed by atoms with Crippen LogP contribution in [0.2, 0.25) is 0 Å². The Bertz CT molecular complexity index is 933. The molecule has 3 rings (SSSR count). The summed E-state index contributed by atoms with van der Waals surface area (Å²) in [4.78, 5) is 14.1. The summed E-state index contributed by atoms with van der Waals surface area (Å²) in [6.07, 6.45) is 2.86. The summed E-state index contributed by atoms with van der Waals surface area (Å²) in [5.74, 6) is 0. The van der Waals surface area contributed by atoms with Crippen LogP contribution in [0.4, 0.5) is 10.5 Å². The smallest absolute Gasteiger partial charge is 0.320 e. The van der Waals surface area contributed by atoms with Crippen LogP contribution in [0.1, 0.15) is 17.5 Å². The van der Waals surface area contributed by atoms with Gasteiger partial charge in [0.1, 0.15) is 0 Å². The molecule has 0 radical (unpaired) electrons. The lowest BCUT2D eigenvalue weighted by Crippen LogP contribution is -2.37. The quantitative estimate of drug-likeness (QED) is 0.869. The van der Waals surface area contributed by atoms with Crippen molar-refractivity contribution in [3.63, 3.8) is 0 Å². The van der Waals surface area contributed by atoms with E-state index in [1.54, 1.807) is 4.90 Å². The molecular weight excluding hydrogens is 350 g/mol. The molecule has 3 N–H and O–H groups in total. The number of hydrogen-bond acceptors (Lipinski definition) is 3. The maximum absolute atomic E-state index is 12.4. The van der Waals surface area contributed by atoms with Crippen molar-refractivity contribution in [3.05, 3.63) is 65.7 Å². The minimum Gasteiger partial charge on any atom is -0.320 e. The Labute approximate surface area is 153 Å². The van der Waals surface area contributed by atoms with Gasteiger partial charge in [-0.1, -0.05) is 35.9 Å². The first-order valence-electron chi connectivity index (χ1n) is 8.28. The van der Waals surface area contributed by atoms with E-state index in [1.807, 2.05) is 0 Å². The maximum atomic E-state index is 12.4. The standard InChI is InChI=1S/C19H21N3O3S/c1-14-2-4-15(5-3-14)16-10-12-22(13-11-16)19(23)21-17-6-8-18(9-7-17)26(20,24)25/h2-10H,11-13H2,1H3,(H,21,23)(H2,20,24,25). The van der Waals surface area contributed by atoms with E-state index in [2.05, 4.69) is 42.6 Å². The van der Waals surface area contributed by atoms with Crippen molar-refractivity contribution in [1.82, 2.24) is 4.90 Å². The van der Waals surface area contributed by atoms with Gasteiger partial charge in [-0.25, -0.2) is 18.4 Å². The van der Waals surface area contributed by atoms with Crippen LogP contribution >= 0.6 is 0 Å². The van der Waals surface area contributed by atoms with E-state index >= 15 is 0 Å². The second-order valence-electron chi connectivity index (χ2n) is 6.29. The Balaban J connectivity index is 1.62. The third kappa shape index (κ3) is 4.30. The zero-order chi connectivity index (χ0) is 18.7. The van der Waals surface area contributed by atoms with Crippen LogP contribution < -0.4 is 10.5 Å². The molecule has 26 heavy (non-hydrogen) atoms. The van der Waals surface area contributed by atoms with E-state index in [1.165, 1.54) is 41.0 Å². The molecule has 136 valence electrons. The monoisotopic (exact) mass is 371 g/mol. The van der Waals surface area contributed by atoms with Crippen LogP contribution in [0.25, 0.3) is 5.57 Å². The first kappa shape index (κ1) is 18.2. The van der Waals surface area contributed by atoms with Gasteiger partial charge in [0, 0.05) is 18.8 Å². The number of amides is 2. The predicted octanol–water partition coefficient (Wildman–Crippen LogP) is 2.96. The molecule has 0 bridgehead atoms. The third-order valence-corrected chi connectivity index (χ3v) is 5.28. The Hall–Kier alpha value is -2.64. The van der Waals surface area contributed by atoms with Crippen molar-refractivity contribution in [1.29, 1.82) is 0 Å². The van der Waals surface area contributed by atoms with Crippen LogP contribution in [0.5, 0.6) is 0 Å². The number of aryl methyl sites for hydroxylation is 1. The highest BCUT2D eigenvalue weighted by Gasteiger charge is 2.18.